The van der Waals surface area contributed by atoms with Gasteiger partial charge in [0.2, 0.25) is 5.95 Å². The average molecular weight is 250 g/mol. The lowest BCUT2D eigenvalue weighted by Crippen LogP contribution is -2.39. The summed E-state index contributed by atoms with van der Waals surface area (Å²) in [7, 11) is 2.24. The monoisotopic (exact) mass is 250 g/mol. The molecule has 0 saturated carbocycles. The minimum atomic E-state index is 0.666. The predicted octanol–water partition coefficient (Wildman–Crippen LogP) is 2.58. The molecule has 1 N–H and O–H groups in total. The minimum absolute atomic E-state index is 0.666. The van der Waals surface area contributed by atoms with Gasteiger partial charge >= 0.3 is 0 Å². The van der Waals surface area contributed by atoms with Gasteiger partial charge < -0.3 is 14.8 Å². The van der Waals surface area contributed by atoms with Crippen LogP contribution < -0.4 is 5.32 Å². The molecule has 1 atom stereocenters. The van der Waals surface area contributed by atoms with E-state index in [0.29, 0.717) is 6.04 Å². The van der Waals surface area contributed by atoms with E-state index in [0.717, 1.165) is 19.0 Å². The fourth-order valence-electron chi connectivity index (χ4n) is 2.60. The molecular weight excluding hydrogens is 224 g/mol. The molecule has 0 radical (unpaired) electrons. The van der Waals surface area contributed by atoms with Gasteiger partial charge in [0.1, 0.15) is 0 Å². The van der Waals surface area contributed by atoms with Crippen molar-refractivity contribution in [3.63, 3.8) is 0 Å². The zero-order chi connectivity index (χ0) is 12.8. The van der Waals surface area contributed by atoms with E-state index in [1.54, 1.807) is 0 Å². The van der Waals surface area contributed by atoms with Gasteiger partial charge in [0.15, 0.2) is 0 Å². The van der Waals surface area contributed by atoms with Gasteiger partial charge in [0.25, 0.3) is 0 Å². The lowest BCUT2D eigenvalue weighted by atomic mass is 10.0. The summed E-state index contributed by atoms with van der Waals surface area (Å²) in [6.07, 6.45) is 10.4. The number of hydrogen-bond donors (Lipinski definition) is 1. The first kappa shape index (κ1) is 13.4. The van der Waals surface area contributed by atoms with Crippen LogP contribution in [0.5, 0.6) is 0 Å². The molecule has 4 heteroatoms. The van der Waals surface area contributed by atoms with Gasteiger partial charge in [-0.25, -0.2) is 4.98 Å². The predicted molar refractivity (Wildman–Crippen MR) is 75.9 cm³/mol. The zero-order valence-electron chi connectivity index (χ0n) is 11.7. The molecule has 0 bridgehead atoms. The summed E-state index contributed by atoms with van der Waals surface area (Å²) in [4.78, 5) is 6.90. The van der Waals surface area contributed by atoms with Crippen LogP contribution in [0.3, 0.4) is 0 Å². The van der Waals surface area contributed by atoms with Gasteiger partial charge in [-0.2, -0.15) is 0 Å². The smallest absolute Gasteiger partial charge is 0.202 e. The molecule has 1 aromatic heterocycles. The number of nitrogens with one attached hydrogen (secondary N) is 1. The Kier molecular flexibility index (Phi) is 5.05. The third kappa shape index (κ3) is 3.48. The summed E-state index contributed by atoms with van der Waals surface area (Å²) in [5, 5.41) is 3.43. The van der Waals surface area contributed by atoms with Gasteiger partial charge in [-0.15, -0.1) is 0 Å². The molecule has 1 fully saturated rings. The molecule has 1 unspecified atom stereocenters. The maximum absolute atomic E-state index is 4.41. The van der Waals surface area contributed by atoms with Crippen LogP contribution in [0.1, 0.15) is 39.0 Å². The van der Waals surface area contributed by atoms with Crippen molar-refractivity contribution in [1.29, 1.82) is 0 Å². The highest BCUT2D eigenvalue weighted by Gasteiger charge is 2.19. The fraction of sp³-hybridized carbons (Fsp3) is 0.786. The molecule has 18 heavy (non-hydrogen) atoms. The summed E-state index contributed by atoms with van der Waals surface area (Å²) in [6, 6.07) is 0.666. The zero-order valence-corrected chi connectivity index (χ0v) is 11.7. The summed E-state index contributed by atoms with van der Waals surface area (Å²) in [5.74, 6) is 1.03. The van der Waals surface area contributed by atoms with E-state index >= 15 is 0 Å². The van der Waals surface area contributed by atoms with E-state index in [2.05, 4.69) is 39.9 Å². The second kappa shape index (κ2) is 6.78. The Morgan fingerprint density at radius 2 is 2.33 bits per heavy atom. The Bertz CT molecular complexity index is 347. The summed E-state index contributed by atoms with van der Waals surface area (Å²) in [6.45, 7) is 5.53. The Hall–Kier alpha value is -1.03. The number of likely N-dealkylation sites (tertiary alicyclic amines) is 1. The molecule has 0 aliphatic carbocycles. The normalized spacial score (nSPS) is 21.1. The van der Waals surface area contributed by atoms with Gasteiger partial charge in [-0.3, -0.25) is 0 Å². The molecule has 2 rings (SSSR count). The molecule has 1 aromatic rings. The first-order valence-corrected chi connectivity index (χ1v) is 7.26. The van der Waals surface area contributed by atoms with Crippen LogP contribution in [-0.4, -0.2) is 40.6 Å². The lowest BCUT2D eigenvalue weighted by molar-refractivity contribution is 0.168. The molecule has 102 valence electrons. The number of nitrogens with zero attached hydrogens (tertiary/aromatic N) is 3. The van der Waals surface area contributed by atoms with Crippen LogP contribution >= 0.6 is 0 Å². The molecule has 0 spiro atoms. The van der Waals surface area contributed by atoms with Crippen LogP contribution in [0.25, 0.3) is 0 Å². The highest BCUT2D eigenvalue weighted by molar-refractivity contribution is 5.25. The van der Waals surface area contributed by atoms with E-state index < -0.39 is 0 Å². The number of likely N-dealkylation sites (N-methyl/N-ethyl adjacent to an activating group) is 1. The van der Waals surface area contributed by atoms with Gasteiger partial charge in [-0.05, 0) is 32.9 Å². The maximum atomic E-state index is 4.41. The number of piperidine rings is 1. The molecule has 1 saturated heterocycles. The highest BCUT2D eigenvalue weighted by atomic mass is 15.2. The lowest BCUT2D eigenvalue weighted by Gasteiger charge is -2.32. The molecule has 4 nitrogen and oxygen atoms in total. The largest absolute Gasteiger partial charge is 0.356 e. The van der Waals surface area contributed by atoms with Crippen molar-refractivity contribution in [3.8, 4) is 0 Å². The van der Waals surface area contributed by atoms with Gasteiger partial charge in [0, 0.05) is 31.5 Å². The standard InChI is InChI=1S/C14H26N4/c1-3-4-8-15-14-16-9-11-18(14)12-13-7-5-6-10-17(13)2/h9,11,13H,3-8,10,12H2,1-2H3,(H,15,16). The fourth-order valence-corrected chi connectivity index (χ4v) is 2.60. The van der Waals surface area contributed by atoms with Crippen molar-refractivity contribution < 1.29 is 0 Å². The number of anilines is 1. The quantitative estimate of drug-likeness (QED) is 0.788. The summed E-state index contributed by atoms with van der Waals surface area (Å²) < 4.78 is 2.27. The number of imidazole rings is 1. The Morgan fingerprint density at radius 1 is 1.44 bits per heavy atom. The van der Waals surface area contributed by atoms with Crippen LogP contribution in [0.4, 0.5) is 5.95 Å². The second-order valence-electron chi connectivity index (χ2n) is 5.31. The van der Waals surface area contributed by atoms with E-state index in [4.69, 9.17) is 0 Å². The third-order valence-electron chi connectivity index (χ3n) is 3.86. The molecule has 1 aliphatic rings. The van der Waals surface area contributed by atoms with Gasteiger partial charge in [-0.1, -0.05) is 19.8 Å². The molecular formula is C14H26N4. The highest BCUT2D eigenvalue weighted by Crippen LogP contribution is 2.18. The summed E-state index contributed by atoms with van der Waals surface area (Å²) >= 11 is 0. The number of rotatable bonds is 6. The van der Waals surface area contributed by atoms with E-state index in [1.807, 2.05) is 6.20 Å². The molecule has 2 heterocycles. The first-order valence-electron chi connectivity index (χ1n) is 7.26. The van der Waals surface area contributed by atoms with Crippen LogP contribution in [0, 0.1) is 0 Å². The average Bonchev–Trinajstić information content (AvgIpc) is 2.80. The maximum Gasteiger partial charge on any atom is 0.202 e. The van der Waals surface area contributed by atoms with Crippen molar-refractivity contribution in [2.75, 3.05) is 25.5 Å². The van der Waals surface area contributed by atoms with E-state index in [9.17, 15) is 0 Å². The van der Waals surface area contributed by atoms with E-state index in [1.165, 1.54) is 38.6 Å². The summed E-state index contributed by atoms with van der Waals surface area (Å²) in [5.41, 5.74) is 0. The first-order chi connectivity index (χ1) is 8.81. The Labute approximate surface area is 110 Å². The van der Waals surface area contributed by atoms with E-state index in [-0.39, 0.29) is 0 Å². The SMILES string of the molecule is CCCCNc1nccn1CC1CCCCN1C. The van der Waals surface area contributed by atoms with Crippen LogP contribution in [-0.2, 0) is 6.54 Å². The minimum Gasteiger partial charge on any atom is -0.356 e. The number of aromatic nitrogens is 2. The van der Waals surface area contributed by atoms with Crippen molar-refractivity contribution in [2.45, 2.75) is 51.6 Å². The Morgan fingerprint density at radius 3 is 3.11 bits per heavy atom. The topological polar surface area (TPSA) is 33.1 Å². The number of hydrogen-bond acceptors (Lipinski definition) is 3. The van der Waals surface area contributed by atoms with Crippen molar-refractivity contribution in [1.82, 2.24) is 14.5 Å². The van der Waals surface area contributed by atoms with Gasteiger partial charge in [0.05, 0.1) is 0 Å². The van der Waals surface area contributed by atoms with Crippen molar-refractivity contribution in [2.24, 2.45) is 0 Å². The van der Waals surface area contributed by atoms with Crippen LogP contribution in [0.15, 0.2) is 12.4 Å². The molecule has 1 aliphatic heterocycles. The van der Waals surface area contributed by atoms with Crippen molar-refractivity contribution in [3.05, 3.63) is 12.4 Å². The Balaban J connectivity index is 1.90. The number of unbranched alkanes of at least 4 members (excludes halogenated alkanes) is 1. The molecule has 0 amide bonds. The third-order valence-corrected chi connectivity index (χ3v) is 3.86. The van der Waals surface area contributed by atoms with Crippen LogP contribution in [0.2, 0.25) is 0 Å². The van der Waals surface area contributed by atoms with Crippen molar-refractivity contribution >= 4 is 5.95 Å². The second-order valence-corrected chi connectivity index (χ2v) is 5.31. The molecule has 0 aromatic carbocycles.